The molecule has 1 amide bonds. The van der Waals surface area contributed by atoms with Gasteiger partial charge in [0.1, 0.15) is 16.8 Å². The van der Waals surface area contributed by atoms with Crippen molar-refractivity contribution >= 4 is 17.2 Å². The van der Waals surface area contributed by atoms with Crippen molar-refractivity contribution in [2.75, 3.05) is 13.2 Å². The van der Waals surface area contributed by atoms with Crippen molar-refractivity contribution in [3.05, 3.63) is 27.8 Å². The van der Waals surface area contributed by atoms with Gasteiger partial charge in [-0.2, -0.15) is 4.98 Å². The van der Waals surface area contributed by atoms with E-state index in [2.05, 4.69) is 15.1 Å². The van der Waals surface area contributed by atoms with E-state index in [1.54, 1.807) is 17.2 Å². The number of carbonyl (C=O) groups excluding carboxylic acids is 1. The SMILES string of the molecule is CCO[C@@H](C)c1nc(C(=O)N2CCC[C@@H]2c2noc(C)n2)cs1. The smallest absolute Gasteiger partial charge is 0.273 e. The standard InChI is InChI=1S/C15H20N4O3S/c1-4-21-9(2)14-17-11(8-23-14)15(20)19-7-5-6-12(19)13-16-10(3)22-18-13/h8-9,12H,4-7H2,1-3H3/t9-,12+/m0/s1. The molecular weight excluding hydrogens is 316 g/mol. The van der Waals surface area contributed by atoms with Crippen molar-refractivity contribution < 1.29 is 14.1 Å². The number of amides is 1. The minimum atomic E-state index is -0.130. The van der Waals surface area contributed by atoms with E-state index < -0.39 is 0 Å². The van der Waals surface area contributed by atoms with Crippen LogP contribution >= 0.6 is 11.3 Å². The van der Waals surface area contributed by atoms with Crippen LogP contribution in [0.25, 0.3) is 0 Å². The maximum atomic E-state index is 12.8. The van der Waals surface area contributed by atoms with Crippen molar-refractivity contribution in [2.24, 2.45) is 0 Å². The Hall–Kier alpha value is -1.80. The highest BCUT2D eigenvalue weighted by Gasteiger charge is 2.34. The molecule has 3 rings (SSSR count). The van der Waals surface area contributed by atoms with E-state index >= 15 is 0 Å². The lowest BCUT2D eigenvalue weighted by Gasteiger charge is -2.21. The number of hydrogen-bond donors (Lipinski definition) is 0. The predicted octanol–water partition coefficient (Wildman–Crippen LogP) is 2.91. The van der Waals surface area contributed by atoms with Crippen LogP contribution in [0.5, 0.6) is 0 Å². The molecule has 2 atom stereocenters. The quantitative estimate of drug-likeness (QED) is 0.835. The van der Waals surface area contributed by atoms with Crippen LogP contribution in [0.1, 0.15) is 66.0 Å². The second kappa shape index (κ2) is 6.76. The molecule has 2 aromatic rings. The second-order valence-electron chi connectivity index (χ2n) is 5.50. The van der Waals surface area contributed by atoms with E-state index in [-0.39, 0.29) is 18.1 Å². The van der Waals surface area contributed by atoms with Gasteiger partial charge in [-0.15, -0.1) is 11.3 Å². The number of hydrogen-bond acceptors (Lipinski definition) is 7. The number of rotatable bonds is 5. The summed E-state index contributed by atoms with van der Waals surface area (Å²) < 4.78 is 10.6. The van der Waals surface area contributed by atoms with Crippen LogP contribution in [0.15, 0.2) is 9.90 Å². The molecule has 0 bridgehead atoms. The number of aromatic nitrogens is 3. The van der Waals surface area contributed by atoms with Crippen LogP contribution in [0.4, 0.5) is 0 Å². The molecule has 124 valence electrons. The Balaban J connectivity index is 1.77. The summed E-state index contributed by atoms with van der Waals surface area (Å²) in [5.74, 6) is 1.01. The third-order valence-corrected chi connectivity index (χ3v) is 4.87. The molecular formula is C15H20N4O3S. The molecule has 0 aliphatic carbocycles. The van der Waals surface area contributed by atoms with Gasteiger partial charge in [0.05, 0.1) is 6.04 Å². The Labute approximate surface area is 138 Å². The first-order valence-electron chi connectivity index (χ1n) is 7.78. The van der Waals surface area contributed by atoms with Crippen molar-refractivity contribution in [1.29, 1.82) is 0 Å². The van der Waals surface area contributed by atoms with Crippen LogP contribution in [0.2, 0.25) is 0 Å². The molecule has 2 aromatic heterocycles. The van der Waals surface area contributed by atoms with Gasteiger partial charge in [-0.05, 0) is 26.7 Å². The molecule has 23 heavy (non-hydrogen) atoms. The lowest BCUT2D eigenvalue weighted by atomic mass is 10.2. The highest BCUT2D eigenvalue weighted by Crippen LogP contribution is 2.32. The topological polar surface area (TPSA) is 81.4 Å². The monoisotopic (exact) mass is 336 g/mol. The van der Waals surface area contributed by atoms with Crippen LogP contribution in [0.3, 0.4) is 0 Å². The van der Waals surface area contributed by atoms with Crippen LogP contribution in [-0.2, 0) is 4.74 Å². The van der Waals surface area contributed by atoms with E-state index in [4.69, 9.17) is 9.26 Å². The number of nitrogens with zero attached hydrogens (tertiary/aromatic N) is 4. The zero-order valence-electron chi connectivity index (χ0n) is 13.5. The molecule has 3 heterocycles. The minimum Gasteiger partial charge on any atom is -0.372 e. The normalized spacial score (nSPS) is 19.3. The van der Waals surface area contributed by atoms with Crippen LogP contribution in [-0.4, -0.2) is 39.1 Å². The summed E-state index contributed by atoms with van der Waals surface area (Å²) in [6.07, 6.45) is 1.67. The molecule has 7 nitrogen and oxygen atoms in total. The first-order valence-corrected chi connectivity index (χ1v) is 8.66. The zero-order valence-corrected chi connectivity index (χ0v) is 14.3. The molecule has 0 aromatic carbocycles. The molecule has 0 spiro atoms. The minimum absolute atomic E-state index is 0.0823. The highest BCUT2D eigenvalue weighted by atomic mass is 32.1. The second-order valence-corrected chi connectivity index (χ2v) is 6.39. The van der Waals surface area contributed by atoms with E-state index in [0.717, 1.165) is 17.8 Å². The van der Waals surface area contributed by atoms with E-state index in [1.807, 2.05) is 13.8 Å². The van der Waals surface area contributed by atoms with E-state index in [0.29, 0.717) is 30.6 Å². The molecule has 1 aliphatic heterocycles. The summed E-state index contributed by atoms with van der Waals surface area (Å²) in [6.45, 7) is 6.94. The van der Waals surface area contributed by atoms with Crippen molar-refractivity contribution in [1.82, 2.24) is 20.0 Å². The molecule has 1 aliphatic rings. The molecule has 1 fully saturated rings. The highest BCUT2D eigenvalue weighted by molar-refractivity contribution is 7.09. The lowest BCUT2D eigenvalue weighted by Crippen LogP contribution is -2.31. The molecule has 0 saturated carbocycles. The van der Waals surface area contributed by atoms with Crippen LogP contribution < -0.4 is 0 Å². The van der Waals surface area contributed by atoms with Gasteiger partial charge in [-0.3, -0.25) is 4.79 Å². The fourth-order valence-corrected chi connectivity index (χ4v) is 3.57. The summed E-state index contributed by atoms with van der Waals surface area (Å²) in [5.41, 5.74) is 0.462. The van der Waals surface area contributed by atoms with Crippen LogP contribution in [0, 0.1) is 6.92 Å². The number of thiazole rings is 1. The van der Waals surface area contributed by atoms with Gasteiger partial charge in [0.25, 0.3) is 5.91 Å². The van der Waals surface area contributed by atoms with Gasteiger partial charge < -0.3 is 14.2 Å². The van der Waals surface area contributed by atoms with Gasteiger partial charge in [0, 0.05) is 25.5 Å². The Morgan fingerprint density at radius 2 is 2.39 bits per heavy atom. The molecule has 0 N–H and O–H groups in total. The average molecular weight is 336 g/mol. The summed E-state index contributed by atoms with van der Waals surface area (Å²) in [6, 6.07) is -0.130. The lowest BCUT2D eigenvalue weighted by molar-refractivity contribution is 0.0711. The molecule has 0 unspecified atom stereocenters. The van der Waals surface area contributed by atoms with Gasteiger partial charge in [-0.1, -0.05) is 5.16 Å². The number of ether oxygens (including phenoxy) is 1. The average Bonchev–Trinajstić information content (AvgIpc) is 3.26. The summed E-state index contributed by atoms with van der Waals surface area (Å²) in [4.78, 5) is 23.3. The third-order valence-electron chi connectivity index (χ3n) is 3.86. The first kappa shape index (κ1) is 16.1. The van der Waals surface area contributed by atoms with Gasteiger partial charge >= 0.3 is 0 Å². The molecule has 0 radical (unpaired) electrons. The maximum Gasteiger partial charge on any atom is 0.273 e. The summed E-state index contributed by atoms with van der Waals surface area (Å²) in [5, 5.41) is 6.58. The summed E-state index contributed by atoms with van der Waals surface area (Å²) >= 11 is 1.45. The Morgan fingerprint density at radius 3 is 3.09 bits per heavy atom. The van der Waals surface area contributed by atoms with E-state index in [1.165, 1.54) is 11.3 Å². The molecule has 1 saturated heterocycles. The van der Waals surface area contributed by atoms with Gasteiger partial charge in [-0.25, -0.2) is 4.98 Å². The summed E-state index contributed by atoms with van der Waals surface area (Å²) in [7, 11) is 0. The number of aryl methyl sites for hydroxylation is 1. The molecule has 8 heteroatoms. The third kappa shape index (κ3) is 3.28. The Kier molecular flexibility index (Phi) is 4.72. The fourth-order valence-electron chi connectivity index (χ4n) is 2.77. The van der Waals surface area contributed by atoms with Gasteiger partial charge in [0.2, 0.25) is 5.89 Å². The van der Waals surface area contributed by atoms with Crippen molar-refractivity contribution in [2.45, 2.75) is 45.8 Å². The van der Waals surface area contributed by atoms with Crippen molar-refractivity contribution in [3.63, 3.8) is 0 Å². The number of carbonyl (C=O) groups is 1. The number of likely N-dealkylation sites (tertiary alicyclic amines) is 1. The van der Waals surface area contributed by atoms with E-state index in [9.17, 15) is 4.79 Å². The van der Waals surface area contributed by atoms with Crippen molar-refractivity contribution in [3.8, 4) is 0 Å². The fraction of sp³-hybridized carbons (Fsp3) is 0.600. The Bertz CT molecular complexity index is 684. The van der Waals surface area contributed by atoms with Gasteiger partial charge in [0.15, 0.2) is 5.82 Å². The first-order chi connectivity index (χ1) is 11.1. The predicted molar refractivity (Wildman–Crippen MR) is 84.2 cm³/mol. The Morgan fingerprint density at radius 1 is 1.57 bits per heavy atom. The largest absolute Gasteiger partial charge is 0.372 e. The maximum absolute atomic E-state index is 12.8. The zero-order chi connectivity index (χ0) is 16.4.